The number of rotatable bonds is 3. The van der Waals surface area contributed by atoms with E-state index in [0.717, 1.165) is 0 Å². The number of carbonyl (C=O) groups is 1. The summed E-state index contributed by atoms with van der Waals surface area (Å²) in [4.78, 5) is 20.3. The SMILES string of the molecule is Cc1cc(C(=O)Nc2ncccc2Br)cc(NN)n1. The van der Waals surface area contributed by atoms with Crippen LogP contribution in [0.15, 0.2) is 34.9 Å². The Bertz CT molecular complexity index is 617. The number of amides is 1. The molecular formula is C12H12BrN5O. The van der Waals surface area contributed by atoms with Crippen molar-refractivity contribution in [2.24, 2.45) is 5.84 Å². The number of hydrogen-bond donors (Lipinski definition) is 3. The normalized spacial score (nSPS) is 10.1. The number of aryl methyl sites for hydroxylation is 1. The van der Waals surface area contributed by atoms with Crippen LogP contribution in [0.5, 0.6) is 0 Å². The van der Waals surface area contributed by atoms with E-state index in [9.17, 15) is 4.79 Å². The van der Waals surface area contributed by atoms with E-state index in [2.05, 4.69) is 36.6 Å². The molecule has 0 saturated heterocycles. The van der Waals surface area contributed by atoms with Crippen molar-refractivity contribution in [2.75, 3.05) is 10.7 Å². The zero-order valence-corrected chi connectivity index (χ0v) is 11.7. The van der Waals surface area contributed by atoms with Crippen LogP contribution in [0.1, 0.15) is 16.1 Å². The lowest BCUT2D eigenvalue weighted by Crippen LogP contribution is -2.16. The minimum Gasteiger partial charge on any atom is -0.308 e. The van der Waals surface area contributed by atoms with E-state index in [4.69, 9.17) is 5.84 Å². The van der Waals surface area contributed by atoms with Gasteiger partial charge in [0.2, 0.25) is 0 Å². The fourth-order valence-corrected chi connectivity index (χ4v) is 1.89. The fourth-order valence-electron chi connectivity index (χ4n) is 1.53. The van der Waals surface area contributed by atoms with E-state index < -0.39 is 0 Å². The maximum atomic E-state index is 12.1. The quantitative estimate of drug-likeness (QED) is 0.594. The summed E-state index contributed by atoms with van der Waals surface area (Å²) in [5.41, 5.74) is 3.57. The Morgan fingerprint density at radius 2 is 2.21 bits per heavy atom. The van der Waals surface area contributed by atoms with Gasteiger partial charge in [-0.1, -0.05) is 0 Å². The Kier molecular flexibility index (Phi) is 4.08. The van der Waals surface area contributed by atoms with Crippen LogP contribution in [-0.4, -0.2) is 15.9 Å². The highest BCUT2D eigenvalue weighted by molar-refractivity contribution is 9.10. The van der Waals surface area contributed by atoms with Gasteiger partial charge in [0.05, 0.1) is 4.47 Å². The standard InChI is InChI=1S/C12H12BrN5O/c1-7-5-8(6-10(16-7)18-14)12(19)17-11-9(13)3-2-4-15-11/h2-6H,14H2,1H3,(H,16,18)(H,15,17,19). The van der Waals surface area contributed by atoms with E-state index in [1.54, 1.807) is 37.4 Å². The predicted octanol–water partition coefficient (Wildman–Crippen LogP) is 2.09. The van der Waals surface area contributed by atoms with E-state index in [-0.39, 0.29) is 5.91 Å². The van der Waals surface area contributed by atoms with Crippen LogP contribution in [0.3, 0.4) is 0 Å². The average Bonchev–Trinajstić information content (AvgIpc) is 2.40. The summed E-state index contributed by atoms with van der Waals surface area (Å²) in [5, 5.41) is 2.71. The number of pyridine rings is 2. The summed E-state index contributed by atoms with van der Waals surface area (Å²) < 4.78 is 0.714. The van der Waals surface area contributed by atoms with Gasteiger partial charge in [-0.25, -0.2) is 15.8 Å². The summed E-state index contributed by atoms with van der Waals surface area (Å²) in [6.07, 6.45) is 1.60. The molecule has 2 aromatic rings. The summed E-state index contributed by atoms with van der Waals surface area (Å²) in [6, 6.07) is 6.81. The number of anilines is 2. The maximum Gasteiger partial charge on any atom is 0.257 e. The second kappa shape index (κ2) is 5.77. The van der Waals surface area contributed by atoms with E-state index in [1.807, 2.05) is 0 Å². The predicted molar refractivity (Wildman–Crippen MR) is 76.7 cm³/mol. The Balaban J connectivity index is 2.25. The van der Waals surface area contributed by atoms with Crippen molar-refractivity contribution >= 4 is 33.5 Å². The van der Waals surface area contributed by atoms with Gasteiger partial charge < -0.3 is 10.7 Å². The largest absolute Gasteiger partial charge is 0.308 e. The zero-order valence-electron chi connectivity index (χ0n) is 10.1. The molecule has 2 aromatic heterocycles. The lowest BCUT2D eigenvalue weighted by atomic mass is 10.2. The third-order valence-corrected chi connectivity index (χ3v) is 2.99. The van der Waals surface area contributed by atoms with Crippen molar-refractivity contribution in [3.05, 3.63) is 46.2 Å². The van der Waals surface area contributed by atoms with Gasteiger partial charge >= 0.3 is 0 Å². The van der Waals surface area contributed by atoms with Crippen molar-refractivity contribution in [3.8, 4) is 0 Å². The number of hydrogen-bond acceptors (Lipinski definition) is 5. The first kappa shape index (κ1) is 13.4. The molecule has 4 N–H and O–H groups in total. The second-order valence-corrected chi connectivity index (χ2v) is 4.67. The van der Waals surface area contributed by atoms with Crippen molar-refractivity contribution in [3.63, 3.8) is 0 Å². The summed E-state index contributed by atoms with van der Waals surface area (Å²) >= 11 is 3.32. The Morgan fingerprint density at radius 1 is 1.42 bits per heavy atom. The molecule has 0 unspecified atom stereocenters. The van der Waals surface area contributed by atoms with E-state index >= 15 is 0 Å². The number of halogens is 1. The van der Waals surface area contributed by atoms with Gasteiger partial charge in [0.1, 0.15) is 11.6 Å². The molecular weight excluding hydrogens is 310 g/mol. The Labute approximate surface area is 118 Å². The summed E-state index contributed by atoms with van der Waals surface area (Å²) in [6.45, 7) is 1.79. The highest BCUT2D eigenvalue weighted by Crippen LogP contribution is 2.19. The monoisotopic (exact) mass is 321 g/mol. The maximum absolute atomic E-state index is 12.1. The van der Waals surface area contributed by atoms with Gasteiger partial charge in [0.25, 0.3) is 5.91 Å². The lowest BCUT2D eigenvalue weighted by molar-refractivity contribution is 0.102. The van der Waals surface area contributed by atoms with Crippen molar-refractivity contribution in [1.82, 2.24) is 9.97 Å². The van der Waals surface area contributed by atoms with Crippen LogP contribution in [-0.2, 0) is 0 Å². The topological polar surface area (TPSA) is 92.9 Å². The number of aromatic nitrogens is 2. The first-order chi connectivity index (χ1) is 9.10. The van der Waals surface area contributed by atoms with Crippen LogP contribution in [0.25, 0.3) is 0 Å². The smallest absolute Gasteiger partial charge is 0.257 e. The van der Waals surface area contributed by atoms with Crippen LogP contribution >= 0.6 is 15.9 Å². The third-order valence-electron chi connectivity index (χ3n) is 2.35. The van der Waals surface area contributed by atoms with Gasteiger partial charge in [-0.2, -0.15) is 0 Å². The molecule has 1 amide bonds. The van der Waals surface area contributed by atoms with Crippen LogP contribution in [0.2, 0.25) is 0 Å². The summed E-state index contributed by atoms with van der Waals surface area (Å²) in [5.74, 6) is 5.92. The highest BCUT2D eigenvalue weighted by Gasteiger charge is 2.11. The second-order valence-electron chi connectivity index (χ2n) is 3.81. The van der Waals surface area contributed by atoms with Crippen molar-refractivity contribution in [2.45, 2.75) is 6.92 Å². The Morgan fingerprint density at radius 3 is 2.89 bits per heavy atom. The molecule has 0 aliphatic heterocycles. The third kappa shape index (κ3) is 3.27. The van der Waals surface area contributed by atoms with Gasteiger partial charge in [-0.15, -0.1) is 0 Å². The van der Waals surface area contributed by atoms with E-state index in [0.29, 0.717) is 27.4 Å². The van der Waals surface area contributed by atoms with Gasteiger partial charge in [0, 0.05) is 17.5 Å². The molecule has 0 atom stereocenters. The van der Waals surface area contributed by atoms with Crippen LogP contribution in [0, 0.1) is 6.92 Å². The number of hydrazine groups is 1. The molecule has 0 aliphatic carbocycles. The molecule has 0 fully saturated rings. The molecule has 7 heteroatoms. The van der Waals surface area contributed by atoms with Gasteiger partial charge in [0.15, 0.2) is 0 Å². The fraction of sp³-hybridized carbons (Fsp3) is 0.0833. The first-order valence-electron chi connectivity index (χ1n) is 5.47. The molecule has 2 heterocycles. The number of nitrogens with zero attached hydrogens (tertiary/aromatic N) is 2. The van der Waals surface area contributed by atoms with Crippen LogP contribution < -0.4 is 16.6 Å². The number of nitrogen functional groups attached to an aromatic ring is 1. The van der Waals surface area contributed by atoms with Crippen molar-refractivity contribution in [1.29, 1.82) is 0 Å². The van der Waals surface area contributed by atoms with E-state index in [1.165, 1.54) is 0 Å². The number of carbonyl (C=O) groups excluding carboxylic acids is 1. The molecule has 0 saturated carbocycles. The zero-order chi connectivity index (χ0) is 13.8. The van der Waals surface area contributed by atoms with Gasteiger partial charge in [-0.3, -0.25) is 4.79 Å². The highest BCUT2D eigenvalue weighted by atomic mass is 79.9. The number of nitrogens with one attached hydrogen (secondary N) is 2. The first-order valence-corrected chi connectivity index (χ1v) is 6.26. The Hall–Kier alpha value is -1.99. The summed E-state index contributed by atoms with van der Waals surface area (Å²) in [7, 11) is 0. The van der Waals surface area contributed by atoms with Crippen molar-refractivity contribution < 1.29 is 4.79 Å². The molecule has 2 rings (SSSR count). The lowest BCUT2D eigenvalue weighted by Gasteiger charge is -2.08. The average molecular weight is 322 g/mol. The molecule has 0 bridgehead atoms. The number of nitrogens with two attached hydrogens (primary N) is 1. The van der Waals surface area contributed by atoms with Crippen LogP contribution in [0.4, 0.5) is 11.6 Å². The molecule has 0 radical (unpaired) electrons. The molecule has 98 valence electrons. The minimum atomic E-state index is -0.276. The molecule has 0 aromatic carbocycles. The van der Waals surface area contributed by atoms with Gasteiger partial charge in [-0.05, 0) is 47.1 Å². The molecule has 6 nitrogen and oxygen atoms in total. The molecule has 19 heavy (non-hydrogen) atoms. The molecule has 0 spiro atoms. The minimum absolute atomic E-state index is 0.276. The molecule has 0 aliphatic rings.